The third-order valence-corrected chi connectivity index (χ3v) is 21.3. The first kappa shape index (κ1) is 92.4. The number of ether oxygens (including phenoxy) is 2. The number of fused-ring (bicyclic) bond motifs is 8. The van der Waals surface area contributed by atoms with Crippen molar-refractivity contribution in [2.75, 3.05) is 118 Å². The number of carbonyl (C=O) groups is 5. The molecule has 10 aromatic rings. The van der Waals surface area contributed by atoms with Gasteiger partial charge < -0.3 is 85.8 Å². The van der Waals surface area contributed by atoms with Crippen molar-refractivity contribution in [2.45, 2.75) is 164 Å². The number of aromatic nitrogens is 6. The number of pyridine rings is 6. The van der Waals surface area contributed by atoms with E-state index in [9.17, 15) is 24.0 Å². The molecule has 4 amide bonds. The lowest BCUT2D eigenvalue weighted by Gasteiger charge is -2.29. The van der Waals surface area contributed by atoms with Gasteiger partial charge in [-0.3, -0.25) is 14.4 Å². The predicted molar refractivity (Wildman–Crippen MR) is 494 cm³/mol. The summed E-state index contributed by atoms with van der Waals surface area (Å²) in [6.07, 6.45) is 23.9. The SMILES string of the molecule is Brc1cnc2c(c1)CNCCCN2.CC(C)(C)OC(=O)N1CCCNc2ncc(Br)cc2C1.Cc1c(CN(C)C(=O)/C=C/c2cnc3c(c2)CN(C(=O)OC(C)(C)C)CCCN3)oc2ccccc12.Cc1c(CN(C)C(=O)/C=C/c2cnc3c(c2)CNCCCN3)oc2ccccc12.O=C1CCNc2ncccc2CC1.c1cnc2c(c1)CNCCCN2. The number of hydrogen-bond donors (Lipinski definition) is 9. The molecule has 0 fully saturated rings. The van der Waals surface area contributed by atoms with Crippen molar-refractivity contribution < 1.29 is 42.3 Å². The highest BCUT2D eigenvalue weighted by Gasteiger charge is 2.28. The number of para-hydroxylation sites is 2. The number of rotatable bonds is 8. The number of benzene rings is 2. The van der Waals surface area contributed by atoms with Gasteiger partial charge in [-0.15, -0.1) is 0 Å². The van der Waals surface area contributed by atoms with Crippen LogP contribution in [0.3, 0.4) is 0 Å². The van der Waals surface area contributed by atoms with Crippen LogP contribution in [0, 0.1) is 13.8 Å². The Hall–Kier alpha value is -11.3. The fourth-order valence-corrected chi connectivity index (χ4v) is 14.7. The Morgan fingerprint density at radius 1 is 0.447 bits per heavy atom. The molecule has 0 spiro atoms. The second-order valence-corrected chi connectivity index (χ2v) is 34.5. The van der Waals surface area contributed by atoms with Crippen LogP contribution >= 0.6 is 31.9 Å². The molecule has 6 aliphatic heterocycles. The molecule has 0 radical (unpaired) electrons. The Labute approximate surface area is 738 Å². The summed E-state index contributed by atoms with van der Waals surface area (Å²) >= 11 is 6.83. The molecule has 30 heteroatoms. The van der Waals surface area contributed by atoms with Crippen molar-refractivity contribution in [3.05, 3.63) is 222 Å². The van der Waals surface area contributed by atoms with Crippen LogP contribution in [-0.2, 0) is 76.1 Å². The minimum absolute atomic E-state index is 0.0761. The first-order chi connectivity index (χ1) is 59.3. The second-order valence-electron chi connectivity index (χ2n) is 32.7. The first-order valence-corrected chi connectivity index (χ1v) is 43.8. The lowest BCUT2D eigenvalue weighted by Crippen LogP contribution is -2.38. The third-order valence-electron chi connectivity index (χ3n) is 20.5. The summed E-state index contributed by atoms with van der Waals surface area (Å²) in [5.41, 5.74) is 11.1. The number of furan rings is 2. The van der Waals surface area contributed by atoms with Crippen LogP contribution in [-0.4, -0.2) is 177 Å². The van der Waals surface area contributed by atoms with Gasteiger partial charge in [0.15, 0.2) is 0 Å². The molecule has 6 aliphatic rings. The molecule has 28 nitrogen and oxygen atoms in total. The first-order valence-electron chi connectivity index (χ1n) is 42.2. The molecular formula is C93H117Br2N19O9. The van der Waals surface area contributed by atoms with Gasteiger partial charge in [-0.2, -0.15) is 0 Å². The minimum atomic E-state index is -0.559. The van der Waals surface area contributed by atoms with Gasteiger partial charge in [-0.25, -0.2) is 39.5 Å². The van der Waals surface area contributed by atoms with Crippen LogP contribution in [0.25, 0.3) is 34.1 Å². The van der Waals surface area contributed by atoms with E-state index in [2.05, 4.69) is 128 Å². The van der Waals surface area contributed by atoms with E-state index in [1.807, 2.05) is 153 Å². The normalized spacial score (nSPS) is 15.3. The van der Waals surface area contributed by atoms with Gasteiger partial charge in [0.05, 0.1) is 26.2 Å². The molecular weight excluding hydrogens is 1690 g/mol. The average Bonchev–Trinajstić information content (AvgIpc) is 1.72. The molecule has 9 N–H and O–H groups in total. The Kier molecular flexibility index (Phi) is 34.3. The van der Waals surface area contributed by atoms with E-state index in [1.165, 1.54) is 17.2 Å². The van der Waals surface area contributed by atoms with E-state index in [0.717, 1.165) is 226 Å². The Morgan fingerprint density at radius 3 is 1.30 bits per heavy atom. The molecule has 14 heterocycles. The van der Waals surface area contributed by atoms with Crippen molar-refractivity contribution in [1.82, 2.24) is 65.5 Å². The number of amides is 4. The van der Waals surface area contributed by atoms with Crippen LogP contribution in [0.5, 0.6) is 0 Å². The zero-order valence-corrected chi connectivity index (χ0v) is 75.5. The fourth-order valence-electron chi connectivity index (χ4n) is 14.0. The van der Waals surface area contributed by atoms with Crippen molar-refractivity contribution in [2.24, 2.45) is 0 Å². The molecule has 0 unspecified atom stereocenters. The highest BCUT2D eigenvalue weighted by Crippen LogP contribution is 2.31. The number of nitrogens with zero attached hydrogens (tertiary/aromatic N) is 10. The Balaban J connectivity index is 0.000000151. The molecule has 123 heavy (non-hydrogen) atoms. The molecule has 0 saturated carbocycles. The fraction of sp³-hybridized carbons (Fsp3) is 0.409. The monoisotopic (exact) mass is 1800 g/mol. The van der Waals surface area contributed by atoms with E-state index in [4.69, 9.17) is 18.3 Å². The van der Waals surface area contributed by atoms with Crippen LogP contribution in [0.1, 0.15) is 154 Å². The molecule has 652 valence electrons. The number of anilines is 6. The van der Waals surface area contributed by atoms with Crippen LogP contribution in [0.4, 0.5) is 44.5 Å². The molecule has 0 atom stereocenters. The van der Waals surface area contributed by atoms with Crippen LogP contribution in [0.15, 0.2) is 164 Å². The molecule has 0 aliphatic carbocycles. The van der Waals surface area contributed by atoms with Crippen LogP contribution < -0.4 is 47.9 Å². The quantitative estimate of drug-likeness (QED) is 0.0638. The topological polar surface area (TPSA) is 329 Å². The summed E-state index contributed by atoms with van der Waals surface area (Å²) in [6, 6.07) is 31.9. The van der Waals surface area contributed by atoms with E-state index < -0.39 is 11.2 Å². The number of carbonyl (C=O) groups excluding carboxylic acids is 5. The lowest BCUT2D eigenvalue weighted by atomic mass is 10.0. The Morgan fingerprint density at radius 2 is 0.829 bits per heavy atom. The van der Waals surface area contributed by atoms with Gasteiger partial charge >= 0.3 is 12.2 Å². The third kappa shape index (κ3) is 28.9. The number of aryl methyl sites for hydroxylation is 3. The van der Waals surface area contributed by atoms with Crippen molar-refractivity contribution >= 4 is 131 Å². The average molecular weight is 1800 g/mol. The molecule has 0 saturated heterocycles. The summed E-state index contributed by atoms with van der Waals surface area (Å²) in [4.78, 5) is 94.4. The number of halogens is 2. The van der Waals surface area contributed by atoms with E-state index in [1.54, 1.807) is 70.6 Å². The predicted octanol–water partition coefficient (Wildman–Crippen LogP) is 16.6. The second kappa shape index (κ2) is 45.7. The maximum atomic E-state index is 12.8. The van der Waals surface area contributed by atoms with Crippen molar-refractivity contribution in [3.63, 3.8) is 0 Å². The number of ketones is 1. The van der Waals surface area contributed by atoms with Gasteiger partial charge in [-0.1, -0.05) is 48.5 Å². The summed E-state index contributed by atoms with van der Waals surface area (Å²) in [7, 11) is 3.53. The van der Waals surface area contributed by atoms with Crippen LogP contribution in [0.2, 0.25) is 0 Å². The molecule has 0 bridgehead atoms. The lowest BCUT2D eigenvalue weighted by molar-refractivity contribution is -0.126. The van der Waals surface area contributed by atoms with Crippen molar-refractivity contribution in [3.8, 4) is 0 Å². The highest BCUT2D eigenvalue weighted by molar-refractivity contribution is 9.10. The summed E-state index contributed by atoms with van der Waals surface area (Å²) in [6.45, 7) is 29.1. The number of likely N-dealkylation sites (N-methyl/N-ethyl adjacent to an activating group) is 2. The van der Waals surface area contributed by atoms with Gasteiger partial charge in [0.1, 0.15) is 74.6 Å². The van der Waals surface area contributed by atoms with E-state index in [-0.39, 0.29) is 24.0 Å². The summed E-state index contributed by atoms with van der Waals surface area (Å²) in [5.74, 6) is 7.18. The van der Waals surface area contributed by atoms with Gasteiger partial charge in [0.2, 0.25) is 11.8 Å². The van der Waals surface area contributed by atoms with Gasteiger partial charge in [0.25, 0.3) is 0 Å². The van der Waals surface area contributed by atoms with E-state index >= 15 is 0 Å². The van der Waals surface area contributed by atoms with Gasteiger partial charge in [-0.05, 0) is 223 Å². The maximum Gasteiger partial charge on any atom is 0.410 e. The largest absolute Gasteiger partial charge is 0.459 e. The molecule has 16 rings (SSSR count). The summed E-state index contributed by atoms with van der Waals surface area (Å²) in [5, 5.41) is 32.1. The standard InChI is InChI=1S/C28H34N4O4.C23H26N4O2.C14H20BrN3O2.C10H12N2O.C9H12BrN3.C9H13N3/c1-19-22-9-6-7-10-23(22)35-24(19)18-31(5)25(33)12-11-20-15-21-17-32(27(34)36-28(2,3)4)14-8-13-29-26(21)30-16-20;1-16-19-6-3-4-7-20(19)29-21(16)15-27(2)22(28)9-8-17-12-18-14-24-10-5-11-25-23(18)26-13-17;1-14(2,3)20-13(19)18-6-4-5-16-12-10(9-18)7-11(15)8-17-12;13-9-4-3-8-2-1-6-11-10(8)12-7-5-9;10-8-4-7-5-11-2-1-3-12-9(7)13-6-8;1-3-8-7-10-4-2-6-12-9(8)11-5-1/h6-7,9-12,15-16H,8,13-14,17-18H2,1-5H3,(H,29,30);3-4,6-9,12-13,24H,5,10-11,14-15H2,1-2H3,(H,25,26);7-8H,4-6,9H2,1-3H3,(H,16,17);1-2,6H,3-5,7H2,(H,11,12);4,6,11H,1-3,5H2,(H,12,13);1,3,5,10H,2,4,6-7H2,(H,11,12)/b12-11+;9-8+;;;;. The zero-order chi connectivity index (χ0) is 87.3. The Bertz CT molecular complexity index is 5250. The summed E-state index contributed by atoms with van der Waals surface area (Å²) < 4.78 is 24.8. The minimum Gasteiger partial charge on any atom is -0.459 e. The zero-order valence-electron chi connectivity index (χ0n) is 72.3. The highest BCUT2D eigenvalue weighted by atomic mass is 79.9. The van der Waals surface area contributed by atoms with Crippen molar-refractivity contribution in [1.29, 1.82) is 0 Å². The number of nitrogens with one attached hydrogen (secondary N) is 9. The molecule has 2 aromatic carbocycles. The molecule has 8 aromatic heterocycles. The smallest absolute Gasteiger partial charge is 0.410 e. The number of hydrogen-bond acceptors (Lipinski definition) is 24. The number of Topliss-reactive ketones (excluding diaryl/α,β-unsaturated/α-hetero) is 1. The maximum absolute atomic E-state index is 12.8. The van der Waals surface area contributed by atoms with E-state index in [0.29, 0.717) is 71.0 Å². The van der Waals surface area contributed by atoms with Gasteiger partial charge in [0, 0.05) is 207 Å².